The van der Waals surface area contributed by atoms with Crippen LogP contribution in [-0.4, -0.2) is 77.4 Å². The summed E-state index contributed by atoms with van der Waals surface area (Å²) < 4.78 is 38.6. The highest BCUT2D eigenvalue weighted by molar-refractivity contribution is 5.80. The molecule has 1 aliphatic rings. The standard InChI is InChI=1S/C17H29F3N6/c1-4-21-16(22-7-5-6-15-12-23-24-13(15)2)26-10-8-25(9-11-26)14(3)17(18,19)20/h12,14H,4-11H2,1-3H3,(H,21,22)(H,23,24). The molecular formula is C17H29F3N6. The number of H-pyrrole nitrogens is 1. The molecule has 2 N–H and O–H groups in total. The van der Waals surface area contributed by atoms with Crippen molar-refractivity contribution >= 4 is 5.96 Å². The molecule has 0 bridgehead atoms. The molecule has 1 aromatic rings. The maximum Gasteiger partial charge on any atom is 0.403 e. The van der Waals surface area contributed by atoms with Gasteiger partial charge in [0.15, 0.2) is 5.96 Å². The fraction of sp³-hybridized carbons (Fsp3) is 0.765. The van der Waals surface area contributed by atoms with Crippen molar-refractivity contribution < 1.29 is 13.2 Å². The number of hydrogen-bond acceptors (Lipinski definition) is 3. The number of aromatic amines is 1. The van der Waals surface area contributed by atoms with Crippen molar-refractivity contribution in [2.24, 2.45) is 4.99 Å². The number of aliphatic imine (C=N–C) groups is 1. The van der Waals surface area contributed by atoms with Crippen molar-refractivity contribution in [3.63, 3.8) is 0 Å². The molecule has 0 aromatic carbocycles. The lowest BCUT2D eigenvalue weighted by Gasteiger charge is -2.39. The number of guanidine groups is 1. The number of piperazine rings is 1. The van der Waals surface area contributed by atoms with Crippen LogP contribution in [0.25, 0.3) is 0 Å². The van der Waals surface area contributed by atoms with Crippen molar-refractivity contribution in [2.45, 2.75) is 45.8 Å². The van der Waals surface area contributed by atoms with E-state index < -0.39 is 12.2 Å². The van der Waals surface area contributed by atoms with E-state index in [0.29, 0.717) is 32.7 Å². The summed E-state index contributed by atoms with van der Waals surface area (Å²) in [5.41, 5.74) is 2.27. The third kappa shape index (κ3) is 5.62. The topological polar surface area (TPSA) is 59.6 Å². The molecule has 0 saturated carbocycles. The van der Waals surface area contributed by atoms with Crippen LogP contribution in [0.3, 0.4) is 0 Å². The Bertz CT molecular complexity index is 575. The second-order valence-electron chi connectivity index (χ2n) is 6.60. The van der Waals surface area contributed by atoms with Crippen LogP contribution in [0.5, 0.6) is 0 Å². The van der Waals surface area contributed by atoms with Gasteiger partial charge in [0.25, 0.3) is 0 Å². The molecule has 1 unspecified atom stereocenters. The summed E-state index contributed by atoms with van der Waals surface area (Å²) in [6.45, 7) is 8.50. The van der Waals surface area contributed by atoms with Crippen LogP contribution in [0.2, 0.25) is 0 Å². The number of halogens is 3. The quantitative estimate of drug-likeness (QED) is 0.455. The first-order valence-electron chi connectivity index (χ1n) is 9.15. The van der Waals surface area contributed by atoms with E-state index >= 15 is 0 Å². The predicted octanol–water partition coefficient (Wildman–Crippen LogP) is 2.18. The van der Waals surface area contributed by atoms with Crippen molar-refractivity contribution in [3.05, 3.63) is 17.5 Å². The highest BCUT2D eigenvalue weighted by atomic mass is 19.4. The normalized spacial score (nSPS) is 18.2. The van der Waals surface area contributed by atoms with Gasteiger partial charge in [-0.15, -0.1) is 0 Å². The number of alkyl halides is 3. The van der Waals surface area contributed by atoms with E-state index in [2.05, 4.69) is 20.5 Å². The molecule has 26 heavy (non-hydrogen) atoms. The zero-order valence-corrected chi connectivity index (χ0v) is 15.7. The van der Waals surface area contributed by atoms with Gasteiger partial charge in [0, 0.05) is 45.0 Å². The largest absolute Gasteiger partial charge is 0.403 e. The summed E-state index contributed by atoms with van der Waals surface area (Å²) in [7, 11) is 0. The SMILES string of the molecule is CCNC(=NCCCc1cn[nH]c1C)N1CCN(C(C)C(F)(F)F)CC1. The second-order valence-corrected chi connectivity index (χ2v) is 6.60. The zero-order chi connectivity index (χ0) is 19.2. The van der Waals surface area contributed by atoms with Gasteiger partial charge in [0.1, 0.15) is 6.04 Å². The monoisotopic (exact) mass is 374 g/mol. The van der Waals surface area contributed by atoms with Gasteiger partial charge in [-0.2, -0.15) is 18.3 Å². The lowest BCUT2D eigenvalue weighted by Crippen LogP contribution is -2.56. The van der Waals surface area contributed by atoms with Crippen LogP contribution in [0.1, 0.15) is 31.5 Å². The molecule has 0 amide bonds. The van der Waals surface area contributed by atoms with Crippen molar-refractivity contribution in [1.29, 1.82) is 0 Å². The molecule has 6 nitrogen and oxygen atoms in total. The van der Waals surface area contributed by atoms with Crippen LogP contribution in [-0.2, 0) is 6.42 Å². The third-order valence-corrected chi connectivity index (χ3v) is 4.77. The Kier molecular flexibility index (Phi) is 7.31. The number of hydrogen-bond donors (Lipinski definition) is 2. The molecular weight excluding hydrogens is 345 g/mol. The van der Waals surface area contributed by atoms with E-state index in [1.54, 1.807) is 0 Å². The minimum absolute atomic E-state index is 0.388. The number of aromatic nitrogens is 2. The molecule has 0 spiro atoms. The van der Waals surface area contributed by atoms with Crippen LogP contribution in [0.15, 0.2) is 11.2 Å². The van der Waals surface area contributed by atoms with Gasteiger partial charge in [0.2, 0.25) is 0 Å². The Morgan fingerprint density at radius 2 is 2.04 bits per heavy atom. The first-order chi connectivity index (χ1) is 12.3. The van der Waals surface area contributed by atoms with Gasteiger partial charge < -0.3 is 10.2 Å². The average molecular weight is 374 g/mol. The van der Waals surface area contributed by atoms with E-state index in [-0.39, 0.29) is 0 Å². The van der Waals surface area contributed by atoms with Gasteiger partial charge in [-0.1, -0.05) is 0 Å². The van der Waals surface area contributed by atoms with Gasteiger partial charge in [-0.3, -0.25) is 15.0 Å². The van der Waals surface area contributed by atoms with Gasteiger partial charge in [0.05, 0.1) is 6.20 Å². The summed E-state index contributed by atoms with van der Waals surface area (Å²) in [6, 6.07) is -1.40. The van der Waals surface area contributed by atoms with E-state index in [0.717, 1.165) is 31.0 Å². The summed E-state index contributed by atoms with van der Waals surface area (Å²) in [5.74, 6) is 0.788. The summed E-state index contributed by atoms with van der Waals surface area (Å²) in [6.07, 6.45) is -0.528. The fourth-order valence-electron chi connectivity index (χ4n) is 3.04. The number of nitrogens with one attached hydrogen (secondary N) is 2. The Hall–Kier alpha value is -1.77. The molecule has 0 aliphatic carbocycles. The van der Waals surface area contributed by atoms with Crippen molar-refractivity contribution in [3.8, 4) is 0 Å². The van der Waals surface area contributed by atoms with E-state index in [1.165, 1.54) is 17.4 Å². The smallest absolute Gasteiger partial charge is 0.357 e. The third-order valence-electron chi connectivity index (χ3n) is 4.77. The highest BCUT2D eigenvalue weighted by Crippen LogP contribution is 2.25. The molecule has 0 radical (unpaired) electrons. The Labute approximate surface area is 152 Å². The predicted molar refractivity (Wildman–Crippen MR) is 96.3 cm³/mol. The minimum atomic E-state index is -4.17. The zero-order valence-electron chi connectivity index (χ0n) is 15.7. The molecule has 148 valence electrons. The molecule has 2 rings (SSSR count). The molecule has 1 aliphatic heterocycles. The maximum absolute atomic E-state index is 12.9. The summed E-state index contributed by atoms with van der Waals surface area (Å²) in [4.78, 5) is 8.18. The van der Waals surface area contributed by atoms with E-state index in [4.69, 9.17) is 0 Å². The summed E-state index contributed by atoms with van der Waals surface area (Å²) in [5, 5.41) is 10.2. The van der Waals surface area contributed by atoms with E-state index in [9.17, 15) is 13.2 Å². The average Bonchev–Trinajstić information content (AvgIpc) is 3.01. The number of aryl methyl sites for hydroxylation is 2. The number of nitrogens with zero attached hydrogens (tertiary/aromatic N) is 4. The Morgan fingerprint density at radius 1 is 1.35 bits per heavy atom. The second kappa shape index (κ2) is 9.25. The fourth-order valence-corrected chi connectivity index (χ4v) is 3.04. The molecule has 1 atom stereocenters. The first-order valence-corrected chi connectivity index (χ1v) is 9.15. The highest BCUT2D eigenvalue weighted by Gasteiger charge is 2.41. The number of rotatable bonds is 6. The minimum Gasteiger partial charge on any atom is -0.357 e. The molecule has 2 heterocycles. The van der Waals surface area contributed by atoms with E-state index in [1.807, 2.05) is 24.9 Å². The van der Waals surface area contributed by atoms with Crippen molar-refractivity contribution in [2.75, 3.05) is 39.3 Å². The lowest BCUT2D eigenvalue weighted by atomic mass is 10.1. The summed E-state index contributed by atoms with van der Waals surface area (Å²) >= 11 is 0. The molecule has 1 aromatic heterocycles. The van der Waals surface area contributed by atoms with Crippen LogP contribution < -0.4 is 5.32 Å². The van der Waals surface area contributed by atoms with Crippen LogP contribution in [0, 0.1) is 6.92 Å². The molecule has 9 heteroatoms. The first kappa shape index (κ1) is 20.5. The molecule has 1 fully saturated rings. The van der Waals surface area contributed by atoms with Gasteiger partial charge in [-0.05, 0) is 39.2 Å². The Balaban J connectivity index is 1.84. The lowest BCUT2D eigenvalue weighted by molar-refractivity contribution is -0.181. The molecule has 1 saturated heterocycles. The van der Waals surface area contributed by atoms with Crippen LogP contribution in [0.4, 0.5) is 13.2 Å². The van der Waals surface area contributed by atoms with Gasteiger partial charge in [-0.25, -0.2) is 0 Å². The van der Waals surface area contributed by atoms with Crippen molar-refractivity contribution in [1.82, 2.24) is 25.3 Å². The Morgan fingerprint density at radius 3 is 2.58 bits per heavy atom. The maximum atomic E-state index is 12.9. The van der Waals surface area contributed by atoms with Gasteiger partial charge >= 0.3 is 6.18 Å². The van der Waals surface area contributed by atoms with Crippen LogP contribution >= 0.6 is 0 Å².